The summed E-state index contributed by atoms with van der Waals surface area (Å²) in [6.07, 6.45) is 0.668. The Bertz CT molecular complexity index is 768. The molecule has 154 valence electrons. The Morgan fingerprint density at radius 2 is 1.93 bits per heavy atom. The summed E-state index contributed by atoms with van der Waals surface area (Å²) in [6.45, 7) is 5.32. The molecule has 2 aromatic carbocycles. The lowest BCUT2D eigenvalue weighted by Crippen LogP contribution is -2.42. The number of phenols is 1. The molecule has 1 unspecified atom stereocenters. The maximum absolute atomic E-state index is 10.0. The topological polar surface area (TPSA) is 75.1 Å². The molecule has 0 spiro atoms. The number of aromatic hydroxyl groups is 1. The number of nitrogens with one attached hydrogen (secondary N) is 2. The van der Waals surface area contributed by atoms with Crippen LogP contribution in [0.15, 0.2) is 47.5 Å². The van der Waals surface area contributed by atoms with E-state index in [0.29, 0.717) is 31.2 Å². The number of ether oxygens (including phenoxy) is 2. The first-order valence-corrected chi connectivity index (χ1v) is 9.06. The fourth-order valence-corrected chi connectivity index (χ4v) is 2.61. The molecule has 1 atom stereocenters. The molecule has 7 heteroatoms. The van der Waals surface area contributed by atoms with E-state index >= 15 is 0 Å². The number of hydrogen-bond acceptors (Lipinski definition) is 4. The number of halogens is 1. The van der Waals surface area contributed by atoms with E-state index < -0.39 is 0 Å². The van der Waals surface area contributed by atoms with Crippen LogP contribution in [0.4, 0.5) is 0 Å². The Kier molecular flexibility index (Phi) is 10.5. The van der Waals surface area contributed by atoms with Gasteiger partial charge in [0.2, 0.25) is 0 Å². The molecule has 0 bridgehead atoms. The van der Waals surface area contributed by atoms with Gasteiger partial charge in [0, 0.05) is 19.7 Å². The van der Waals surface area contributed by atoms with Crippen molar-refractivity contribution in [1.29, 1.82) is 0 Å². The van der Waals surface area contributed by atoms with Crippen LogP contribution in [-0.4, -0.2) is 44.4 Å². The second-order valence-electron chi connectivity index (χ2n) is 6.32. The Morgan fingerprint density at radius 1 is 1.18 bits per heavy atom. The average molecular weight is 499 g/mol. The zero-order valence-corrected chi connectivity index (χ0v) is 19.2. The molecule has 3 N–H and O–H groups in total. The van der Waals surface area contributed by atoms with Crippen molar-refractivity contribution in [2.75, 3.05) is 27.2 Å². The largest absolute Gasteiger partial charge is 0.508 e. The van der Waals surface area contributed by atoms with E-state index in [4.69, 9.17) is 9.47 Å². The molecule has 0 radical (unpaired) electrons. The monoisotopic (exact) mass is 499 g/mol. The van der Waals surface area contributed by atoms with Crippen LogP contribution in [-0.2, 0) is 6.42 Å². The van der Waals surface area contributed by atoms with Crippen molar-refractivity contribution in [3.63, 3.8) is 0 Å². The van der Waals surface area contributed by atoms with Crippen molar-refractivity contribution in [2.45, 2.75) is 26.4 Å². The number of para-hydroxylation sites is 1. The molecule has 0 aliphatic carbocycles. The molecule has 0 fully saturated rings. The van der Waals surface area contributed by atoms with E-state index in [-0.39, 0.29) is 35.8 Å². The number of guanidine groups is 1. The first kappa shape index (κ1) is 23.9. The number of benzene rings is 2. The quantitative estimate of drug-likeness (QED) is 0.295. The minimum Gasteiger partial charge on any atom is -0.508 e. The molecule has 0 heterocycles. The second-order valence-corrected chi connectivity index (χ2v) is 6.32. The van der Waals surface area contributed by atoms with Crippen molar-refractivity contribution < 1.29 is 14.6 Å². The highest BCUT2D eigenvalue weighted by molar-refractivity contribution is 14.0. The van der Waals surface area contributed by atoms with Crippen LogP contribution in [0.3, 0.4) is 0 Å². The molecule has 2 aromatic rings. The average Bonchev–Trinajstić information content (AvgIpc) is 2.67. The van der Waals surface area contributed by atoms with Crippen molar-refractivity contribution in [2.24, 2.45) is 4.99 Å². The summed E-state index contributed by atoms with van der Waals surface area (Å²) in [5.74, 6) is 2.47. The molecular formula is C21H30IN3O3. The number of methoxy groups -OCH3 is 1. The molecule has 0 amide bonds. The van der Waals surface area contributed by atoms with E-state index in [1.807, 2.05) is 50.2 Å². The fraction of sp³-hybridized carbons (Fsp3) is 0.381. The lowest BCUT2D eigenvalue weighted by atomic mass is 10.1. The van der Waals surface area contributed by atoms with E-state index in [9.17, 15) is 5.11 Å². The summed E-state index contributed by atoms with van der Waals surface area (Å²) < 4.78 is 11.1. The SMILES string of the molecule is CN=C(NCCc1ccc(OC)cc1O)NCC(C)Oc1ccccc1C.I. The third kappa shape index (κ3) is 7.46. The normalized spacial score (nSPS) is 11.9. The van der Waals surface area contributed by atoms with Gasteiger partial charge >= 0.3 is 0 Å². The summed E-state index contributed by atoms with van der Waals surface area (Å²) in [7, 11) is 3.31. The van der Waals surface area contributed by atoms with E-state index in [0.717, 1.165) is 16.9 Å². The predicted molar refractivity (Wildman–Crippen MR) is 124 cm³/mol. The highest BCUT2D eigenvalue weighted by Crippen LogP contribution is 2.23. The molecule has 0 aliphatic heterocycles. The van der Waals surface area contributed by atoms with Gasteiger partial charge in [-0.05, 0) is 43.5 Å². The van der Waals surface area contributed by atoms with Gasteiger partial charge < -0.3 is 25.2 Å². The summed E-state index contributed by atoms with van der Waals surface area (Å²) in [5, 5.41) is 16.5. The summed E-state index contributed by atoms with van der Waals surface area (Å²) in [6, 6.07) is 13.3. The third-order valence-electron chi connectivity index (χ3n) is 4.18. The maximum Gasteiger partial charge on any atom is 0.191 e. The molecule has 2 rings (SSSR count). The van der Waals surface area contributed by atoms with Crippen LogP contribution in [0.1, 0.15) is 18.1 Å². The molecular weight excluding hydrogens is 469 g/mol. The molecule has 6 nitrogen and oxygen atoms in total. The lowest BCUT2D eigenvalue weighted by Gasteiger charge is -2.19. The highest BCUT2D eigenvalue weighted by Gasteiger charge is 2.08. The number of hydrogen-bond donors (Lipinski definition) is 3. The van der Waals surface area contributed by atoms with Crippen LogP contribution >= 0.6 is 24.0 Å². The molecule has 0 saturated carbocycles. The van der Waals surface area contributed by atoms with Crippen LogP contribution in [0.25, 0.3) is 0 Å². The molecule has 28 heavy (non-hydrogen) atoms. The highest BCUT2D eigenvalue weighted by atomic mass is 127. The fourth-order valence-electron chi connectivity index (χ4n) is 2.61. The van der Waals surface area contributed by atoms with Crippen LogP contribution in [0.2, 0.25) is 0 Å². The minimum absolute atomic E-state index is 0. The smallest absolute Gasteiger partial charge is 0.191 e. The van der Waals surface area contributed by atoms with Crippen molar-refractivity contribution in [3.05, 3.63) is 53.6 Å². The van der Waals surface area contributed by atoms with Gasteiger partial charge in [0.25, 0.3) is 0 Å². The lowest BCUT2D eigenvalue weighted by molar-refractivity contribution is 0.222. The zero-order valence-electron chi connectivity index (χ0n) is 16.9. The first-order valence-electron chi connectivity index (χ1n) is 9.06. The van der Waals surface area contributed by atoms with Crippen LogP contribution in [0.5, 0.6) is 17.2 Å². The molecule has 0 aliphatic rings. The number of aliphatic imine (C=N–C) groups is 1. The van der Waals surface area contributed by atoms with E-state index in [1.165, 1.54) is 0 Å². The number of nitrogens with zero attached hydrogens (tertiary/aromatic N) is 1. The third-order valence-corrected chi connectivity index (χ3v) is 4.18. The minimum atomic E-state index is -0.00437. The van der Waals surface area contributed by atoms with Crippen molar-refractivity contribution in [3.8, 4) is 17.2 Å². The van der Waals surface area contributed by atoms with Crippen molar-refractivity contribution >= 4 is 29.9 Å². The predicted octanol–water partition coefficient (Wildman–Crippen LogP) is 3.50. The standard InChI is InChI=1S/C21H29N3O3.HI/c1-15-7-5-6-8-20(15)27-16(2)14-24-21(22-3)23-12-11-17-9-10-18(26-4)13-19(17)25;/h5-10,13,16,25H,11-12,14H2,1-4H3,(H2,22,23,24);1H. The van der Waals surface area contributed by atoms with Crippen LogP contribution in [0, 0.1) is 6.92 Å². The molecule has 0 saturated heterocycles. The van der Waals surface area contributed by atoms with Gasteiger partial charge in [0.05, 0.1) is 13.7 Å². The van der Waals surface area contributed by atoms with Gasteiger partial charge in [-0.25, -0.2) is 0 Å². The second kappa shape index (κ2) is 12.3. The first-order chi connectivity index (χ1) is 13.0. The number of aryl methyl sites for hydroxylation is 1. The Morgan fingerprint density at radius 3 is 2.57 bits per heavy atom. The summed E-state index contributed by atoms with van der Waals surface area (Å²) >= 11 is 0. The summed E-state index contributed by atoms with van der Waals surface area (Å²) in [5.41, 5.74) is 1.97. The molecule has 0 aromatic heterocycles. The Labute approximate surface area is 184 Å². The zero-order chi connectivity index (χ0) is 19.6. The number of phenolic OH excluding ortho intramolecular Hbond substituents is 1. The van der Waals surface area contributed by atoms with Gasteiger partial charge in [-0.15, -0.1) is 24.0 Å². The summed E-state index contributed by atoms with van der Waals surface area (Å²) in [4.78, 5) is 4.22. The number of rotatable bonds is 8. The van der Waals surface area contributed by atoms with Gasteiger partial charge in [0.15, 0.2) is 5.96 Å². The van der Waals surface area contributed by atoms with Crippen LogP contribution < -0.4 is 20.1 Å². The van der Waals surface area contributed by atoms with Gasteiger partial charge in [-0.2, -0.15) is 0 Å². The van der Waals surface area contributed by atoms with Gasteiger partial charge in [-0.3, -0.25) is 4.99 Å². The maximum atomic E-state index is 10.0. The van der Waals surface area contributed by atoms with Crippen molar-refractivity contribution in [1.82, 2.24) is 10.6 Å². The van der Waals surface area contributed by atoms with E-state index in [1.54, 1.807) is 20.2 Å². The van der Waals surface area contributed by atoms with Gasteiger partial charge in [-0.1, -0.05) is 24.3 Å². The Hall–Kier alpha value is -2.16. The van der Waals surface area contributed by atoms with E-state index in [2.05, 4.69) is 15.6 Å². The van der Waals surface area contributed by atoms with Gasteiger partial charge in [0.1, 0.15) is 23.4 Å². The Balaban J connectivity index is 0.00000392.